The number of carbonyl (C=O) groups excluding carboxylic acids is 3. The highest BCUT2D eigenvalue weighted by Gasteiger charge is 2.25. The Kier molecular flexibility index (Phi) is 6.49. The molecule has 8 nitrogen and oxygen atoms in total. The second kappa shape index (κ2) is 9.51. The van der Waals surface area contributed by atoms with Crippen LogP contribution in [0.25, 0.3) is 5.69 Å². The quantitative estimate of drug-likeness (QED) is 0.368. The number of carbonyl (C=O) groups is 3. The summed E-state index contributed by atoms with van der Waals surface area (Å²) in [6, 6.07) is 12.6. The summed E-state index contributed by atoms with van der Waals surface area (Å²) >= 11 is 0. The summed E-state index contributed by atoms with van der Waals surface area (Å²) in [7, 11) is 0. The number of imidazole rings is 1. The van der Waals surface area contributed by atoms with Crippen molar-refractivity contribution in [2.75, 3.05) is 10.6 Å². The molecule has 1 saturated carbocycles. The minimum atomic E-state index is -0.654. The summed E-state index contributed by atoms with van der Waals surface area (Å²) in [6.07, 6.45) is 6.32. The van der Waals surface area contributed by atoms with Crippen molar-refractivity contribution in [3.05, 3.63) is 72.3 Å². The molecule has 0 atom stereocenters. The maximum absolute atomic E-state index is 12.8. The number of ketones is 1. The van der Waals surface area contributed by atoms with Gasteiger partial charge in [0.2, 0.25) is 5.91 Å². The number of Topliss-reactive ketones (excluding diaryl/α,β-unsaturated/α-hetero) is 1. The Labute approximate surface area is 198 Å². The summed E-state index contributed by atoms with van der Waals surface area (Å²) in [5.41, 5.74) is 2.51. The summed E-state index contributed by atoms with van der Waals surface area (Å²) in [4.78, 5) is 41.9. The van der Waals surface area contributed by atoms with Crippen LogP contribution in [-0.4, -0.2) is 32.9 Å². The summed E-state index contributed by atoms with van der Waals surface area (Å²) in [5.74, 6) is -0.309. The van der Waals surface area contributed by atoms with Crippen LogP contribution in [0.4, 0.5) is 16.2 Å². The van der Waals surface area contributed by atoms with E-state index in [0.29, 0.717) is 22.9 Å². The molecule has 34 heavy (non-hydrogen) atoms. The number of benzene rings is 2. The highest BCUT2D eigenvalue weighted by Crippen LogP contribution is 2.42. The number of hydrogen-bond donors (Lipinski definition) is 2. The van der Waals surface area contributed by atoms with Crippen LogP contribution in [0.15, 0.2) is 61.2 Å². The van der Waals surface area contributed by atoms with Gasteiger partial charge in [-0.2, -0.15) is 0 Å². The number of nitrogens with zero attached hydrogens (tertiary/aromatic N) is 2. The van der Waals surface area contributed by atoms with Crippen molar-refractivity contribution in [3.63, 3.8) is 0 Å². The first-order chi connectivity index (χ1) is 16.2. The number of amides is 2. The lowest BCUT2D eigenvalue weighted by molar-refractivity contribution is -0.115. The Morgan fingerprint density at radius 1 is 1.06 bits per heavy atom. The predicted octanol–water partition coefficient (Wildman–Crippen LogP) is 5.31. The lowest BCUT2D eigenvalue weighted by atomic mass is 10.1. The van der Waals surface area contributed by atoms with Crippen molar-refractivity contribution >= 4 is 29.2 Å². The van der Waals surface area contributed by atoms with Gasteiger partial charge in [0, 0.05) is 23.6 Å². The third-order valence-corrected chi connectivity index (χ3v) is 5.29. The van der Waals surface area contributed by atoms with E-state index in [1.54, 1.807) is 68.3 Å². The van der Waals surface area contributed by atoms with Crippen molar-refractivity contribution in [2.45, 2.75) is 51.6 Å². The van der Waals surface area contributed by atoms with Gasteiger partial charge in [0.05, 0.1) is 24.1 Å². The Balaban J connectivity index is 1.47. The van der Waals surface area contributed by atoms with Gasteiger partial charge < -0.3 is 14.6 Å². The van der Waals surface area contributed by atoms with E-state index in [2.05, 4.69) is 15.6 Å². The molecule has 0 aliphatic heterocycles. The van der Waals surface area contributed by atoms with E-state index in [4.69, 9.17) is 4.74 Å². The maximum Gasteiger partial charge on any atom is 0.412 e. The zero-order chi connectivity index (χ0) is 24.3. The van der Waals surface area contributed by atoms with Gasteiger partial charge in [0.15, 0.2) is 5.78 Å². The van der Waals surface area contributed by atoms with Crippen LogP contribution in [0.1, 0.15) is 61.9 Å². The Morgan fingerprint density at radius 2 is 1.85 bits per heavy atom. The minimum absolute atomic E-state index is 0.306. The normalized spacial score (nSPS) is 13.3. The molecule has 2 amide bonds. The van der Waals surface area contributed by atoms with Crippen LogP contribution in [0, 0.1) is 0 Å². The highest BCUT2D eigenvalue weighted by atomic mass is 16.6. The molecule has 176 valence electrons. The first-order valence-corrected chi connectivity index (χ1v) is 11.2. The molecular weight excluding hydrogens is 432 g/mol. The molecular formula is C26H28N4O4. The number of hydrogen-bond acceptors (Lipinski definition) is 5. The molecule has 1 aromatic heterocycles. The van der Waals surface area contributed by atoms with Crippen molar-refractivity contribution in [2.24, 2.45) is 0 Å². The van der Waals surface area contributed by atoms with Crippen LogP contribution in [0.2, 0.25) is 0 Å². The maximum atomic E-state index is 12.8. The molecule has 0 radical (unpaired) electrons. The van der Waals surface area contributed by atoms with E-state index < -0.39 is 17.6 Å². The van der Waals surface area contributed by atoms with Gasteiger partial charge in [0.25, 0.3) is 0 Å². The van der Waals surface area contributed by atoms with E-state index in [-0.39, 0.29) is 12.2 Å². The van der Waals surface area contributed by atoms with E-state index in [0.717, 1.165) is 24.1 Å². The third-order valence-electron chi connectivity index (χ3n) is 5.29. The molecule has 0 spiro atoms. The zero-order valence-electron chi connectivity index (χ0n) is 19.5. The Hall–Kier alpha value is -3.94. The molecule has 1 aliphatic rings. The van der Waals surface area contributed by atoms with Crippen molar-refractivity contribution in [3.8, 4) is 5.69 Å². The number of aromatic nitrogens is 2. The lowest BCUT2D eigenvalue weighted by Gasteiger charge is -2.21. The average molecular weight is 461 g/mol. The fourth-order valence-corrected chi connectivity index (χ4v) is 3.55. The molecule has 0 bridgehead atoms. The second-order valence-electron chi connectivity index (χ2n) is 9.37. The predicted molar refractivity (Wildman–Crippen MR) is 129 cm³/mol. The van der Waals surface area contributed by atoms with Gasteiger partial charge >= 0.3 is 6.09 Å². The smallest absolute Gasteiger partial charge is 0.412 e. The molecule has 2 N–H and O–H groups in total. The molecule has 1 fully saturated rings. The van der Waals surface area contributed by atoms with E-state index in [1.165, 1.54) is 0 Å². The topological polar surface area (TPSA) is 102 Å². The number of rotatable bonds is 7. The van der Waals surface area contributed by atoms with Gasteiger partial charge in [-0.25, -0.2) is 9.78 Å². The molecule has 2 aromatic carbocycles. The molecule has 8 heteroatoms. The van der Waals surface area contributed by atoms with E-state index >= 15 is 0 Å². The monoisotopic (exact) mass is 460 g/mol. The van der Waals surface area contributed by atoms with E-state index in [9.17, 15) is 14.4 Å². The van der Waals surface area contributed by atoms with Crippen LogP contribution < -0.4 is 10.6 Å². The molecule has 4 rings (SSSR count). The lowest BCUT2D eigenvalue weighted by Crippen LogP contribution is -2.27. The fourth-order valence-electron chi connectivity index (χ4n) is 3.55. The standard InChI is InChI=1S/C26H28N4O4/c1-26(2,3)34-25(33)29-21-10-9-18(17-7-8-17)14-22(21)28-24(32)15-23(31)19-5-4-6-20(13-19)30-12-11-27-16-30/h4-6,9-14,16-17H,7-8,15H2,1-3H3,(H,28,32)(H,29,33). The SMILES string of the molecule is CC(C)(C)OC(=O)Nc1ccc(C2CC2)cc1NC(=O)CC(=O)c1cccc(-n2ccnc2)c1. The number of anilines is 2. The van der Waals surface area contributed by atoms with Gasteiger partial charge in [-0.3, -0.25) is 14.9 Å². The highest BCUT2D eigenvalue weighted by molar-refractivity contribution is 6.12. The summed E-state index contributed by atoms with van der Waals surface area (Å²) in [6.45, 7) is 5.33. The van der Waals surface area contributed by atoms with E-state index in [1.807, 2.05) is 18.2 Å². The molecule has 1 aliphatic carbocycles. The van der Waals surface area contributed by atoms with Crippen molar-refractivity contribution < 1.29 is 19.1 Å². The molecule has 0 unspecified atom stereocenters. The average Bonchev–Trinajstić information content (AvgIpc) is 3.47. The molecule has 0 saturated heterocycles. The van der Waals surface area contributed by atoms with Gasteiger partial charge in [-0.1, -0.05) is 18.2 Å². The third kappa shape index (κ3) is 6.10. The molecule has 3 aromatic rings. The Morgan fingerprint density at radius 3 is 2.53 bits per heavy atom. The van der Waals surface area contributed by atoms with Crippen molar-refractivity contribution in [1.29, 1.82) is 0 Å². The van der Waals surface area contributed by atoms with Crippen LogP contribution in [0.3, 0.4) is 0 Å². The number of nitrogens with one attached hydrogen (secondary N) is 2. The summed E-state index contributed by atoms with van der Waals surface area (Å²) in [5, 5.41) is 5.50. The first kappa shape index (κ1) is 23.2. The Bertz CT molecular complexity index is 1210. The van der Waals surface area contributed by atoms with Gasteiger partial charge in [0.1, 0.15) is 5.60 Å². The first-order valence-electron chi connectivity index (χ1n) is 11.2. The zero-order valence-corrected chi connectivity index (χ0v) is 19.5. The van der Waals surface area contributed by atoms with Crippen LogP contribution in [-0.2, 0) is 9.53 Å². The molecule has 1 heterocycles. The second-order valence-corrected chi connectivity index (χ2v) is 9.37. The van der Waals surface area contributed by atoms with Gasteiger partial charge in [-0.15, -0.1) is 0 Å². The summed E-state index contributed by atoms with van der Waals surface area (Å²) < 4.78 is 7.12. The largest absolute Gasteiger partial charge is 0.444 e. The minimum Gasteiger partial charge on any atom is -0.444 e. The van der Waals surface area contributed by atoms with Gasteiger partial charge in [-0.05, 0) is 69.4 Å². The fraction of sp³-hybridized carbons (Fsp3) is 0.308. The van der Waals surface area contributed by atoms with Crippen LogP contribution >= 0.6 is 0 Å². The number of ether oxygens (including phenoxy) is 1. The van der Waals surface area contributed by atoms with Crippen molar-refractivity contribution in [1.82, 2.24) is 9.55 Å². The van der Waals surface area contributed by atoms with Crippen LogP contribution in [0.5, 0.6) is 0 Å².